The topological polar surface area (TPSA) is 50.5 Å². The molecule has 0 bridgehead atoms. The van der Waals surface area contributed by atoms with E-state index in [0.717, 1.165) is 5.56 Å². The number of thiocarbonyl (C=S) groups is 1. The van der Waals surface area contributed by atoms with Crippen molar-refractivity contribution in [2.24, 2.45) is 0 Å². The van der Waals surface area contributed by atoms with E-state index in [0.29, 0.717) is 32.3 Å². The van der Waals surface area contributed by atoms with Gasteiger partial charge in [-0.05, 0) is 23.8 Å². The molecule has 1 aliphatic rings. The minimum absolute atomic E-state index is 0.167. The molecule has 0 saturated carbocycles. The van der Waals surface area contributed by atoms with E-state index in [4.69, 9.17) is 16.6 Å². The number of hydrogen-bond donors (Lipinski definition) is 0. The van der Waals surface area contributed by atoms with Crippen molar-refractivity contribution in [3.63, 3.8) is 0 Å². The Hall–Kier alpha value is -2.70. The number of thioether (sulfide) groups is 1. The lowest BCUT2D eigenvalue weighted by Crippen LogP contribution is -2.27. The van der Waals surface area contributed by atoms with Gasteiger partial charge in [-0.2, -0.15) is 0 Å². The summed E-state index contributed by atoms with van der Waals surface area (Å²) in [6.45, 7) is 0.412. The van der Waals surface area contributed by atoms with Crippen LogP contribution in [0.15, 0.2) is 75.0 Å². The van der Waals surface area contributed by atoms with Crippen LogP contribution in [0.3, 0.4) is 0 Å². The maximum atomic E-state index is 12.7. The number of amides is 1. The number of rotatable bonds is 3. The Balaban J connectivity index is 1.66. The quantitative estimate of drug-likeness (QED) is 0.504. The summed E-state index contributed by atoms with van der Waals surface area (Å²) in [4.78, 5) is 27.3. The van der Waals surface area contributed by atoms with Crippen LogP contribution in [-0.2, 0) is 11.3 Å². The molecule has 2 heterocycles. The van der Waals surface area contributed by atoms with E-state index < -0.39 is 0 Å². The molecule has 1 aliphatic heterocycles. The molecule has 0 radical (unpaired) electrons. The van der Waals surface area contributed by atoms with E-state index in [1.807, 2.05) is 30.3 Å². The summed E-state index contributed by atoms with van der Waals surface area (Å²) in [6, 6.07) is 16.7. The van der Waals surface area contributed by atoms with Gasteiger partial charge in [0.15, 0.2) is 5.43 Å². The van der Waals surface area contributed by atoms with Gasteiger partial charge >= 0.3 is 0 Å². The Labute approximate surface area is 159 Å². The van der Waals surface area contributed by atoms with Crippen molar-refractivity contribution in [3.05, 3.63) is 87.1 Å². The fourth-order valence-corrected chi connectivity index (χ4v) is 3.98. The second-order valence-corrected chi connectivity index (χ2v) is 7.45. The maximum Gasteiger partial charge on any atom is 0.266 e. The van der Waals surface area contributed by atoms with E-state index in [9.17, 15) is 9.59 Å². The van der Waals surface area contributed by atoms with E-state index in [1.165, 1.54) is 18.0 Å². The number of hydrogen-bond acceptors (Lipinski definition) is 5. The van der Waals surface area contributed by atoms with Gasteiger partial charge in [-0.1, -0.05) is 66.4 Å². The van der Waals surface area contributed by atoms with Gasteiger partial charge in [-0.25, -0.2) is 0 Å². The molecule has 0 spiro atoms. The molecule has 0 aliphatic carbocycles. The standard InChI is InChI=1S/C20H13NO3S2/c22-18-14(12-24-16-9-5-4-8-15(16)18)10-17-19(23)21(20(25)26-17)11-13-6-2-1-3-7-13/h1-10,12H,11H2/b17-10+. The van der Waals surface area contributed by atoms with Crippen molar-refractivity contribution in [1.82, 2.24) is 4.90 Å². The fourth-order valence-electron chi connectivity index (χ4n) is 2.74. The Morgan fingerprint density at radius 1 is 1.04 bits per heavy atom. The third-order valence-corrected chi connectivity index (χ3v) is 5.43. The molecule has 3 aromatic rings. The van der Waals surface area contributed by atoms with Gasteiger partial charge in [-0.3, -0.25) is 14.5 Å². The predicted molar refractivity (Wildman–Crippen MR) is 108 cm³/mol. The summed E-state index contributed by atoms with van der Waals surface area (Å²) < 4.78 is 5.99. The molecule has 1 saturated heterocycles. The van der Waals surface area contributed by atoms with E-state index in [-0.39, 0.29) is 11.3 Å². The lowest BCUT2D eigenvalue weighted by molar-refractivity contribution is -0.122. The normalized spacial score (nSPS) is 16.0. The first-order valence-electron chi connectivity index (χ1n) is 7.93. The second kappa shape index (κ2) is 6.90. The Morgan fingerprint density at radius 2 is 1.77 bits per heavy atom. The van der Waals surface area contributed by atoms with Crippen LogP contribution >= 0.6 is 24.0 Å². The first kappa shape index (κ1) is 16.8. The number of carbonyl (C=O) groups is 1. The van der Waals surface area contributed by atoms with Crippen LogP contribution in [0.1, 0.15) is 11.1 Å². The van der Waals surface area contributed by atoms with Crippen molar-refractivity contribution in [2.75, 3.05) is 0 Å². The van der Waals surface area contributed by atoms with Crippen molar-refractivity contribution < 1.29 is 9.21 Å². The van der Waals surface area contributed by atoms with Crippen molar-refractivity contribution in [1.29, 1.82) is 0 Å². The SMILES string of the molecule is O=C1/C(=C\c2coc3ccccc3c2=O)SC(=S)N1Cc1ccccc1. The summed E-state index contributed by atoms with van der Waals surface area (Å²) in [5.41, 5.74) is 1.69. The van der Waals surface area contributed by atoms with E-state index >= 15 is 0 Å². The minimum Gasteiger partial charge on any atom is -0.463 e. The van der Waals surface area contributed by atoms with Gasteiger partial charge in [0, 0.05) is 0 Å². The number of para-hydroxylation sites is 1. The monoisotopic (exact) mass is 379 g/mol. The van der Waals surface area contributed by atoms with Crippen LogP contribution in [-0.4, -0.2) is 15.1 Å². The summed E-state index contributed by atoms with van der Waals surface area (Å²) in [5, 5.41) is 0.487. The molecule has 1 amide bonds. The van der Waals surface area contributed by atoms with Crippen LogP contribution in [0.5, 0.6) is 0 Å². The summed E-state index contributed by atoms with van der Waals surface area (Å²) >= 11 is 6.54. The molecule has 128 valence electrons. The van der Waals surface area contributed by atoms with Crippen LogP contribution < -0.4 is 5.43 Å². The Kier molecular flexibility index (Phi) is 4.44. The van der Waals surface area contributed by atoms with Crippen LogP contribution in [0, 0.1) is 0 Å². The molecule has 4 nitrogen and oxygen atoms in total. The lowest BCUT2D eigenvalue weighted by Gasteiger charge is -2.14. The molecular weight excluding hydrogens is 366 g/mol. The molecular formula is C20H13NO3S2. The van der Waals surface area contributed by atoms with Crippen LogP contribution in [0.4, 0.5) is 0 Å². The molecule has 6 heteroatoms. The Morgan fingerprint density at radius 3 is 2.58 bits per heavy atom. The highest BCUT2D eigenvalue weighted by atomic mass is 32.2. The molecule has 0 atom stereocenters. The van der Waals surface area contributed by atoms with Crippen LogP contribution in [0.2, 0.25) is 0 Å². The summed E-state index contributed by atoms with van der Waals surface area (Å²) in [7, 11) is 0. The molecule has 2 aromatic carbocycles. The van der Waals surface area contributed by atoms with Crippen molar-refractivity contribution >= 4 is 51.3 Å². The van der Waals surface area contributed by atoms with Gasteiger partial charge in [0.25, 0.3) is 5.91 Å². The summed E-state index contributed by atoms with van der Waals surface area (Å²) in [5.74, 6) is -0.198. The number of fused-ring (bicyclic) bond motifs is 1. The zero-order chi connectivity index (χ0) is 18.1. The second-order valence-electron chi connectivity index (χ2n) is 5.77. The average molecular weight is 379 g/mol. The zero-order valence-electron chi connectivity index (χ0n) is 13.5. The molecule has 1 aromatic heterocycles. The van der Waals surface area contributed by atoms with Crippen LogP contribution in [0.25, 0.3) is 17.0 Å². The van der Waals surface area contributed by atoms with Gasteiger partial charge in [0.2, 0.25) is 0 Å². The average Bonchev–Trinajstić information content (AvgIpc) is 2.92. The number of carbonyl (C=O) groups excluding carboxylic acids is 1. The molecule has 4 rings (SSSR count). The molecule has 0 N–H and O–H groups in total. The third-order valence-electron chi connectivity index (χ3n) is 4.05. The number of nitrogens with zero attached hydrogens (tertiary/aromatic N) is 1. The minimum atomic E-state index is -0.198. The summed E-state index contributed by atoms with van der Waals surface area (Å²) in [6.07, 6.45) is 2.94. The first-order valence-corrected chi connectivity index (χ1v) is 9.16. The highest BCUT2D eigenvalue weighted by Gasteiger charge is 2.32. The molecule has 26 heavy (non-hydrogen) atoms. The highest BCUT2D eigenvalue weighted by molar-refractivity contribution is 8.26. The van der Waals surface area contributed by atoms with E-state index in [2.05, 4.69) is 0 Å². The highest BCUT2D eigenvalue weighted by Crippen LogP contribution is 2.33. The van der Waals surface area contributed by atoms with Crippen molar-refractivity contribution in [2.45, 2.75) is 6.54 Å². The first-order chi connectivity index (χ1) is 12.6. The smallest absolute Gasteiger partial charge is 0.266 e. The number of benzene rings is 2. The maximum absolute atomic E-state index is 12.7. The lowest BCUT2D eigenvalue weighted by atomic mass is 10.1. The van der Waals surface area contributed by atoms with Gasteiger partial charge in [-0.15, -0.1) is 0 Å². The largest absolute Gasteiger partial charge is 0.463 e. The van der Waals surface area contributed by atoms with Gasteiger partial charge in [0.05, 0.1) is 22.4 Å². The van der Waals surface area contributed by atoms with Crippen molar-refractivity contribution in [3.8, 4) is 0 Å². The predicted octanol–water partition coefficient (Wildman–Crippen LogP) is 4.19. The zero-order valence-corrected chi connectivity index (χ0v) is 15.2. The third kappa shape index (κ3) is 3.09. The Bertz CT molecular complexity index is 1100. The van der Waals surface area contributed by atoms with Gasteiger partial charge < -0.3 is 4.42 Å². The van der Waals surface area contributed by atoms with E-state index in [1.54, 1.807) is 35.2 Å². The molecule has 0 unspecified atom stereocenters. The molecule has 1 fully saturated rings. The fraction of sp³-hybridized carbons (Fsp3) is 0.0500. The van der Waals surface area contributed by atoms with Gasteiger partial charge in [0.1, 0.15) is 16.2 Å².